The molecule has 0 aliphatic carbocycles. The molecule has 24 nitrogen and oxygen atoms in total. The molecule has 2 aliphatic heterocycles. The number of nitrogens with zero attached hydrogens (tertiary/aromatic N) is 4. The van der Waals surface area contributed by atoms with Gasteiger partial charge < -0.3 is 58.3 Å². The fourth-order valence-corrected chi connectivity index (χ4v) is 9.41. The largest absolute Gasteiger partial charge is 0.445 e. The first-order valence-electron chi connectivity index (χ1n) is 28.8. The summed E-state index contributed by atoms with van der Waals surface area (Å²) in [4.78, 5) is 141. The van der Waals surface area contributed by atoms with E-state index in [0.29, 0.717) is 77.2 Å². The fraction of sp³-hybridized carbons (Fsp3) is 0.387. The molecular formula is C62H77N13O11. The van der Waals surface area contributed by atoms with Gasteiger partial charge in [0, 0.05) is 92.7 Å². The van der Waals surface area contributed by atoms with E-state index >= 15 is 0 Å². The topological polar surface area (TPSA) is 348 Å². The van der Waals surface area contributed by atoms with E-state index in [4.69, 9.17) is 16.2 Å². The number of benzene rings is 3. The molecule has 0 radical (unpaired) electrons. The highest BCUT2D eigenvalue weighted by atomic mass is 16.5. The lowest BCUT2D eigenvalue weighted by molar-refractivity contribution is -0.137. The second kappa shape index (κ2) is 32.9. The van der Waals surface area contributed by atoms with Gasteiger partial charge in [0.1, 0.15) is 30.6 Å². The molecule has 0 fully saturated rings. The van der Waals surface area contributed by atoms with Gasteiger partial charge in [-0.15, -0.1) is 0 Å². The third kappa shape index (κ3) is 20.6. The molecule has 1 unspecified atom stereocenters. The van der Waals surface area contributed by atoms with Gasteiger partial charge in [0.15, 0.2) is 0 Å². The zero-order valence-electron chi connectivity index (χ0n) is 48.9. The molecule has 0 bridgehead atoms. The first-order chi connectivity index (χ1) is 41.3. The number of aromatic nitrogens is 1. The Balaban J connectivity index is 1.01. The number of imide groups is 1. The van der Waals surface area contributed by atoms with Crippen molar-refractivity contribution >= 4 is 88.4 Å². The Morgan fingerprint density at radius 3 is 2.13 bits per heavy atom. The number of aliphatic imine (C=N–C) groups is 1. The first-order valence-corrected chi connectivity index (χ1v) is 28.8. The molecule has 11 amide bonds. The summed E-state index contributed by atoms with van der Waals surface area (Å²) in [5.74, 6) is -3.48. The summed E-state index contributed by atoms with van der Waals surface area (Å²) < 4.78 is 5.54. The standard InChI is InChI=1S/C62H77N13O11/c1-5-27-74(28-6-2)60(83)45-32-43-20-21-44(33-49(43)70-51(63)34-45)56(79)69-47-30-42(35-65-37-47)36-67-57(80)50(31-40-14-9-7-10-15-40)72-62(85)86-38-41-18-22-46(23-19-41)68-58(81)48(16-13-26-66-61(64)84)71-59(82)55(39(3)4)73-52(76)17-11-8-12-29-75-53(77)24-25-54(75)78/h7,9-10,14-15,18-25,30,32-33,35,37,39,48,50,55H,5-6,8,11-13,16-17,26-29,31,34,36,38H2,1-4H3,(H2,63,70)(H,67,80)(H,68,81)(H,69,79)(H,71,82)(H,72,85)(H,73,76)(H3,64,66,84)/t48-,50-,55?/m0/s1. The van der Waals surface area contributed by atoms with Crippen LogP contribution < -0.4 is 48.7 Å². The van der Waals surface area contributed by atoms with E-state index in [2.05, 4.69) is 47.2 Å². The van der Waals surface area contributed by atoms with Gasteiger partial charge in [-0.05, 0) is 97.5 Å². The Hall–Kier alpha value is -9.74. The molecule has 1 aromatic heterocycles. The number of pyridine rings is 1. The zero-order chi connectivity index (χ0) is 62.1. The Bertz CT molecular complexity index is 3160. The highest BCUT2D eigenvalue weighted by molar-refractivity contribution is 6.13. The monoisotopic (exact) mass is 1180 g/mol. The third-order valence-electron chi connectivity index (χ3n) is 13.9. The molecule has 0 saturated heterocycles. The van der Waals surface area contributed by atoms with Crippen molar-refractivity contribution in [3.8, 4) is 0 Å². The van der Waals surface area contributed by atoms with Crippen molar-refractivity contribution in [2.24, 2.45) is 22.4 Å². The Kier molecular flexibility index (Phi) is 25.0. The maximum absolute atomic E-state index is 13.8. The van der Waals surface area contributed by atoms with Gasteiger partial charge in [0.25, 0.3) is 17.7 Å². The second-order valence-corrected chi connectivity index (χ2v) is 21.2. The predicted octanol–water partition coefficient (Wildman–Crippen LogP) is 5.41. The van der Waals surface area contributed by atoms with Crippen LogP contribution in [0, 0.1) is 5.92 Å². The number of amidine groups is 1. The SMILES string of the molecule is CCCN(CCC)C(=O)C1=Cc2ccc(C(=O)Nc3cncc(CNC(=O)[C@H](Cc4ccccc4)NC(=O)OCc4ccc(NC(=O)[C@H](CCCNC(N)=O)NC(=O)C(NC(=O)CCCCCN5C(=O)C=CC5=O)C(C)C)cc4)c3)cc2N=C(N)C1. The average Bonchev–Trinajstić information content (AvgIpc) is 3.16. The van der Waals surface area contributed by atoms with Crippen LogP contribution in [0.25, 0.3) is 6.08 Å². The average molecular weight is 1180 g/mol. The van der Waals surface area contributed by atoms with Gasteiger partial charge in [0.2, 0.25) is 29.5 Å². The van der Waals surface area contributed by atoms with Gasteiger partial charge in [-0.3, -0.25) is 48.2 Å². The van der Waals surface area contributed by atoms with Gasteiger partial charge in [-0.2, -0.15) is 0 Å². The maximum atomic E-state index is 13.8. The number of primary amides is 1. The van der Waals surface area contributed by atoms with Crippen LogP contribution in [-0.2, 0) is 57.9 Å². The lowest BCUT2D eigenvalue weighted by atomic mass is 10.0. The molecule has 456 valence electrons. The molecule has 86 heavy (non-hydrogen) atoms. The summed E-state index contributed by atoms with van der Waals surface area (Å²) in [6, 6.07) is 18.2. The molecule has 11 N–H and O–H groups in total. The van der Waals surface area contributed by atoms with Crippen molar-refractivity contribution in [3.63, 3.8) is 0 Å². The number of nitrogens with one attached hydrogen (secondary N) is 7. The summed E-state index contributed by atoms with van der Waals surface area (Å²) in [6.45, 7) is 8.93. The highest BCUT2D eigenvalue weighted by Crippen LogP contribution is 2.29. The number of nitrogens with two attached hydrogens (primary N) is 2. The molecule has 2 aliphatic rings. The summed E-state index contributed by atoms with van der Waals surface area (Å²) in [7, 11) is 0. The van der Waals surface area contributed by atoms with Crippen LogP contribution in [0.15, 0.2) is 114 Å². The number of unbranched alkanes of at least 4 members (excludes halogenated alkanes) is 2. The molecule has 4 aromatic rings. The van der Waals surface area contributed by atoms with E-state index in [-0.39, 0.29) is 93.7 Å². The number of anilines is 2. The van der Waals surface area contributed by atoms with E-state index in [1.54, 1.807) is 68.5 Å². The van der Waals surface area contributed by atoms with Crippen LogP contribution in [-0.4, -0.2) is 124 Å². The first kappa shape index (κ1) is 65.4. The predicted molar refractivity (Wildman–Crippen MR) is 324 cm³/mol. The van der Waals surface area contributed by atoms with Crippen molar-refractivity contribution < 1.29 is 52.7 Å². The fourth-order valence-electron chi connectivity index (χ4n) is 9.41. The van der Waals surface area contributed by atoms with Gasteiger partial charge in [-0.25, -0.2) is 14.6 Å². The number of carbonyl (C=O) groups excluding carboxylic acids is 10. The number of hydrogen-bond acceptors (Lipinski definition) is 14. The highest BCUT2D eigenvalue weighted by Gasteiger charge is 2.30. The van der Waals surface area contributed by atoms with Crippen molar-refractivity contribution in [2.75, 3.05) is 36.8 Å². The second-order valence-electron chi connectivity index (χ2n) is 21.2. The molecule has 3 heterocycles. The van der Waals surface area contributed by atoms with Gasteiger partial charge >= 0.3 is 12.1 Å². The van der Waals surface area contributed by atoms with E-state index in [9.17, 15) is 47.9 Å². The van der Waals surface area contributed by atoms with Crippen LogP contribution in [0.1, 0.15) is 118 Å². The van der Waals surface area contributed by atoms with Crippen LogP contribution in [0.2, 0.25) is 0 Å². The van der Waals surface area contributed by atoms with Crippen LogP contribution in [0.3, 0.4) is 0 Å². The molecule has 0 spiro atoms. The Morgan fingerprint density at radius 2 is 1.44 bits per heavy atom. The number of fused-ring (bicyclic) bond motifs is 1. The minimum absolute atomic E-state index is 0.0116. The summed E-state index contributed by atoms with van der Waals surface area (Å²) in [5.41, 5.74) is 16.0. The van der Waals surface area contributed by atoms with Crippen molar-refractivity contribution in [1.82, 2.24) is 41.4 Å². The summed E-state index contributed by atoms with van der Waals surface area (Å²) >= 11 is 0. The zero-order valence-corrected chi connectivity index (χ0v) is 48.9. The van der Waals surface area contributed by atoms with Gasteiger partial charge in [0.05, 0.1) is 17.6 Å². The molecular weight excluding hydrogens is 1100 g/mol. The minimum Gasteiger partial charge on any atom is -0.445 e. The lowest BCUT2D eigenvalue weighted by Gasteiger charge is -2.25. The van der Waals surface area contributed by atoms with E-state index in [0.717, 1.165) is 23.3 Å². The smallest absolute Gasteiger partial charge is 0.408 e. The van der Waals surface area contributed by atoms with E-state index in [1.165, 1.54) is 24.5 Å². The number of hydrogen-bond donors (Lipinski definition) is 9. The van der Waals surface area contributed by atoms with E-state index in [1.807, 2.05) is 49.1 Å². The number of amides is 11. The van der Waals surface area contributed by atoms with Crippen molar-refractivity contribution in [1.29, 1.82) is 0 Å². The number of alkyl carbamates (subject to hydrolysis) is 1. The number of urea groups is 1. The molecule has 3 aromatic carbocycles. The molecule has 6 rings (SSSR count). The van der Waals surface area contributed by atoms with E-state index < -0.39 is 53.9 Å². The summed E-state index contributed by atoms with van der Waals surface area (Å²) in [5, 5.41) is 19.1. The molecule has 0 saturated carbocycles. The Labute approximate surface area is 499 Å². The number of carbonyl (C=O) groups is 10. The summed E-state index contributed by atoms with van der Waals surface area (Å²) in [6.07, 6.45) is 10.2. The van der Waals surface area contributed by atoms with Crippen molar-refractivity contribution in [3.05, 3.63) is 137 Å². The van der Waals surface area contributed by atoms with Crippen LogP contribution in [0.4, 0.5) is 26.7 Å². The number of ether oxygens (including phenoxy) is 1. The van der Waals surface area contributed by atoms with Gasteiger partial charge in [-0.1, -0.05) is 82.6 Å². The number of rotatable bonds is 31. The van der Waals surface area contributed by atoms with Crippen molar-refractivity contribution in [2.45, 2.75) is 123 Å². The minimum atomic E-state index is -1.10. The quantitative estimate of drug-likeness (QED) is 0.0225. The molecule has 24 heteroatoms. The lowest BCUT2D eigenvalue weighted by Crippen LogP contribution is -2.54. The maximum Gasteiger partial charge on any atom is 0.408 e. The third-order valence-corrected chi connectivity index (χ3v) is 13.9. The Morgan fingerprint density at radius 1 is 0.721 bits per heavy atom. The molecule has 3 atom stereocenters. The van der Waals surface area contributed by atoms with Crippen LogP contribution >= 0.6 is 0 Å². The normalized spacial score (nSPS) is 13.6. The van der Waals surface area contributed by atoms with Crippen LogP contribution in [0.5, 0.6) is 0 Å².